The number of ketones is 1. The molecule has 7 heteroatoms. The number of nitrogens with one attached hydrogen (secondary N) is 2. The average Bonchev–Trinajstić information content (AvgIpc) is 3.17. The number of anilines is 2. The molecule has 0 unspecified atom stereocenters. The fraction of sp³-hybridized carbons (Fsp3) is 0.174. The SMILES string of the molecule is CCOC(=O)c1cc(-c2ccccc2)sc1NC(=O)CNc1cccc(C(C)=O)c1. The van der Waals surface area contributed by atoms with Gasteiger partial charge in [-0.05, 0) is 37.6 Å². The standard InChI is InChI=1S/C23H22N2O4S/c1-3-29-23(28)19-13-20(16-8-5-4-6-9-16)30-22(19)25-21(27)14-24-18-11-7-10-17(12-18)15(2)26/h4-13,24H,3,14H2,1-2H3,(H,25,27). The van der Waals surface area contributed by atoms with Crippen LogP contribution < -0.4 is 10.6 Å². The summed E-state index contributed by atoms with van der Waals surface area (Å²) < 4.78 is 5.13. The van der Waals surface area contributed by atoms with E-state index < -0.39 is 5.97 Å². The predicted octanol–water partition coefficient (Wildman–Crippen LogP) is 4.85. The lowest BCUT2D eigenvalue weighted by Gasteiger charge is -2.09. The molecule has 154 valence electrons. The number of hydrogen-bond donors (Lipinski definition) is 2. The molecule has 2 aromatic carbocycles. The van der Waals surface area contributed by atoms with E-state index in [-0.39, 0.29) is 24.8 Å². The third-order valence-corrected chi connectivity index (χ3v) is 5.36. The van der Waals surface area contributed by atoms with Crippen molar-refractivity contribution in [2.24, 2.45) is 0 Å². The highest BCUT2D eigenvalue weighted by Gasteiger charge is 2.19. The van der Waals surface area contributed by atoms with Gasteiger partial charge in [-0.1, -0.05) is 42.5 Å². The Balaban J connectivity index is 1.75. The van der Waals surface area contributed by atoms with E-state index in [0.29, 0.717) is 21.8 Å². The van der Waals surface area contributed by atoms with Crippen molar-refractivity contribution in [2.75, 3.05) is 23.8 Å². The minimum absolute atomic E-state index is 0.0117. The molecule has 0 aliphatic heterocycles. The van der Waals surface area contributed by atoms with E-state index in [4.69, 9.17) is 4.74 Å². The fourth-order valence-corrected chi connectivity index (χ4v) is 3.86. The molecule has 0 saturated carbocycles. The lowest BCUT2D eigenvalue weighted by Crippen LogP contribution is -2.22. The van der Waals surface area contributed by atoms with Crippen molar-refractivity contribution in [1.82, 2.24) is 0 Å². The maximum absolute atomic E-state index is 12.5. The number of hydrogen-bond acceptors (Lipinski definition) is 6. The zero-order valence-electron chi connectivity index (χ0n) is 16.7. The number of carbonyl (C=O) groups is 3. The minimum Gasteiger partial charge on any atom is -0.462 e. The van der Waals surface area contributed by atoms with Gasteiger partial charge in [0, 0.05) is 16.1 Å². The summed E-state index contributed by atoms with van der Waals surface area (Å²) in [4.78, 5) is 37.2. The smallest absolute Gasteiger partial charge is 0.341 e. The maximum Gasteiger partial charge on any atom is 0.341 e. The molecule has 0 spiro atoms. The summed E-state index contributed by atoms with van der Waals surface area (Å²) in [5.74, 6) is -0.835. The van der Waals surface area contributed by atoms with Crippen LogP contribution >= 0.6 is 11.3 Å². The van der Waals surface area contributed by atoms with Crippen LogP contribution in [0.4, 0.5) is 10.7 Å². The Hall–Kier alpha value is -3.45. The maximum atomic E-state index is 12.5. The van der Waals surface area contributed by atoms with Gasteiger partial charge in [-0.15, -0.1) is 11.3 Å². The summed E-state index contributed by atoms with van der Waals surface area (Å²) in [6, 6.07) is 18.3. The molecule has 0 aliphatic rings. The molecule has 3 rings (SSSR count). The lowest BCUT2D eigenvalue weighted by atomic mass is 10.1. The van der Waals surface area contributed by atoms with Gasteiger partial charge >= 0.3 is 5.97 Å². The number of ether oxygens (including phenoxy) is 1. The molecule has 2 N–H and O–H groups in total. The highest BCUT2D eigenvalue weighted by atomic mass is 32.1. The van der Waals surface area contributed by atoms with Crippen LogP contribution in [0.15, 0.2) is 60.7 Å². The number of amides is 1. The summed E-state index contributed by atoms with van der Waals surface area (Å²) in [6.07, 6.45) is 0. The van der Waals surface area contributed by atoms with E-state index in [0.717, 1.165) is 10.4 Å². The summed E-state index contributed by atoms with van der Waals surface area (Å²) in [5, 5.41) is 6.23. The van der Waals surface area contributed by atoms with E-state index in [1.807, 2.05) is 30.3 Å². The molecular formula is C23H22N2O4S. The first kappa shape index (κ1) is 21.3. The van der Waals surface area contributed by atoms with Gasteiger partial charge in [0.05, 0.1) is 18.7 Å². The van der Waals surface area contributed by atoms with E-state index >= 15 is 0 Å². The molecule has 0 saturated heterocycles. The Labute approximate surface area is 178 Å². The zero-order valence-corrected chi connectivity index (χ0v) is 17.5. The molecule has 0 fully saturated rings. The number of Topliss-reactive ketones (excluding diaryl/α,β-unsaturated/α-hetero) is 1. The van der Waals surface area contributed by atoms with Crippen LogP contribution in [0.1, 0.15) is 34.6 Å². The van der Waals surface area contributed by atoms with Crippen LogP contribution in [0.5, 0.6) is 0 Å². The Morgan fingerprint density at radius 2 is 1.77 bits per heavy atom. The van der Waals surface area contributed by atoms with Crippen molar-refractivity contribution in [3.05, 3.63) is 71.8 Å². The van der Waals surface area contributed by atoms with E-state index in [1.165, 1.54) is 18.3 Å². The molecule has 0 atom stereocenters. The number of thiophene rings is 1. The summed E-state index contributed by atoms with van der Waals surface area (Å²) >= 11 is 1.32. The second-order valence-corrected chi connectivity index (χ2v) is 7.53. The Kier molecular flexibility index (Phi) is 6.98. The van der Waals surface area contributed by atoms with Crippen molar-refractivity contribution in [1.29, 1.82) is 0 Å². The van der Waals surface area contributed by atoms with Crippen LogP contribution in [0.3, 0.4) is 0 Å². The van der Waals surface area contributed by atoms with Gasteiger partial charge < -0.3 is 15.4 Å². The second kappa shape index (κ2) is 9.84. The number of rotatable bonds is 8. The van der Waals surface area contributed by atoms with Crippen molar-refractivity contribution >= 4 is 39.7 Å². The largest absolute Gasteiger partial charge is 0.462 e. The van der Waals surface area contributed by atoms with Crippen molar-refractivity contribution in [3.8, 4) is 10.4 Å². The Morgan fingerprint density at radius 3 is 2.47 bits per heavy atom. The minimum atomic E-state index is -0.478. The van der Waals surface area contributed by atoms with Crippen molar-refractivity contribution in [2.45, 2.75) is 13.8 Å². The highest BCUT2D eigenvalue weighted by molar-refractivity contribution is 7.20. The van der Waals surface area contributed by atoms with Gasteiger partial charge in [0.15, 0.2) is 5.78 Å². The number of carbonyl (C=O) groups excluding carboxylic acids is 3. The number of esters is 1. The van der Waals surface area contributed by atoms with Gasteiger partial charge in [0.25, 0.3) is 0 Å². The summed E-state index contributed by atoms with van der Waals surface area (Å²) in [5.41, 5.74) is 2.51. The highest BCUT2D eigenvalue weighted by Crippen LogP contribution is 2.35. The van der Waals surface area contributed by atoms with Crippen molar-refractivity contribution < 1.29 is 19.1 Å². The molecule has 6 nitrogen and oxygen atoms in total. The molecule has 1 heterocycles. The predicted molar refractivity (Wildman–Crippen MR) is 119 cm³/mol. The summed E-state index contributed by atoms with van der Waals surface area (Å²) in [7, 11) is 0. The van der Waals surface area contributed by atoms with Crippen molar-refractivity contribution in [3.63, 3.8) is 0 Å². The first-order valence-corrected chi connectivity index (χ1v) is 10.3. The van der Waals surface area contributed by atoms with E-state index in [9.17, 15) is 14.4 Å². The molecule has 3 aromatic rings. The van der Waals surface area contributed by atoms with Crippen LogP contribution in [0.25, 0.3) is 10.4 Å². The molecule has 1 aromatic heterocycles. The topological polar surface area (TPSA) is 84.5 Å². The normalized spacial score (nSPS) is 10.3. The van der Waals surface area contributed by atoms with Gasteiger partial charge in [-0.2, -0.15) is 0 Å². The fourth-order valence-electron chi connectivity index (χ4n) is 2.79. The first-order chi connectivity index (χ1) is 14.5. The molecule has 0 aliphatic carbocycles. The monoisotopic (exact) mass is 422 g/mol. The molecular weight excluding hydrogens is 400 g/mol. The van der Waals surface area contributed by atoms with E-state index in [1.54, 1.807) is 37.3 Å². The zero-order chi connectivity index (χ0) is 21.5. The molecule has 30 heavy (non-hydrogen) atoms. The third-order valence-electron chi connectivity index (χ3n) is 4.26. The number of benzene rings is 2. The van der Waals surface area contributed by atoms with Crippen LogP contribution in [-0.2, 0) is 9.53 Å². The molecule has 0 radical (unpaired) electrons. The Morgan fingerprint density at radius 1 is 1.00 bits per heavy atom. The second-order valence-electron chi connectivity index (χ2n) is 6.48. The van der Waals surface area contributed by atoms with Crippen LogP contribution in [-0.4, -0.2) is 30.8 Å². The van der Waals surface area contributed by atoms with Gasteiger partial charge in [-0.25, -0.2) is 4.79 Å². The molecule has 0 bridgehead atoms. The van der Waals surface area contributed by atoms with Crippen LogP contribution in [0.2, 0.25) is 0 Å². The third kappa shape index (κ3) is 5.33. The quantitative estimate of drug-likeness (QED) is 0.401. The van der Waals surface area contributed by atoms with Crippen LogP contribution in [0, 0.1) is 0 Å². The van der Waals surface area contributed by atoms with Gasteiger partial charge in [0.1, 0.15) is 5.00 Å². The molecule has 1 amide bonds. The van der Waals surface area contributed by atoms with E-state index in [2.05, 4.69) is 10.6 Å². The Bertz CT molecular complexity index is 1060. The average molecular weight is 423 g/mol. The van der Waals surface area contributed by atoms with Gasteiger partial charge in [-0.3, -0.25) is 9.59 Å². The first-order valence-electron chi connectivity index (χ1n) is 9.49. The van der Waals surface area contributed by atoms with Gasteiger partial charge in [0.2, 0.25) is 5.91 Å². The lowest BCUT2D eigenvalue weighted by molar-refractivity contribution is -0.114. The summed E-state index contributed by atoms with van der Waals surface area (Å²) in [6.45, 7) is 3.46.